The minimum absolute atomic E-state index is 0.0719. The highest BCUT2D eigenvalue weighted by molar-refractivity contribution is 5.96. The maximum Gasteiger partial charge on any atom is 0.253 e. The summed E-state index contributed by atoms with van der Waals surface area (Å²) >= 11 is 0. The fourth-order valence-electron chi connectivity index (χ4n) is 1.69. The lowest BCUT2D eigenvalue weighted by molar-refractivity contribution is 0.0764. The Labute approximate surface area is 105 Å². The molecule has 1 aromatic carbocycles. The first-order valence-electron chi connectivity index (χ1n) is 5.82. The molecule has 0 aliphatic heterocycles. The summed E-state index contributed by atoms with van der Waals surface area (Å²) < 4.78 is 13.4. The zero-order chi connectivity index (χ0) is 13.7. The van der Waals surface area contributed by atoms with Crippen molar-refractivity contribution in [1.82, 2.24) is 4.90 Å². The average Bonchev–Trinajstić information content (AvgIpc) is 2.38. The van der Waals surface area contributed by atoms with Crippen molar-refractivity contribution in [3.8, 4) is 5.75 Å². The standard InChI is InChI=1S/C13H16FNO3/c1-3-5-15(4-2)13(18)9-6-10(8-16)12(17)11(14)7-9/h6-8,17H,3-5H2,1-2H3. The first-order chi connectivity index (χ1) is 8.54. The lowest BCUT2D eigenvalue weighted by atomic mass is 10.1. The monoisotopic (exact) mass is 253 g/mol. The van der Waals surface area contributed by atoms with Crippen LogP contribution < -0.4 is 0 Å². The van der Waals surface area contributed by atoms with Gasteiger partial charge in [0.25, 0.3) is 5.91 Å². The minimum atomic E-state index is -0.962. The summed E-state index contributed by atoms with van der Waals surface area (Å²) in [5.74, 6) is -2.03. The lowest BCUT2D eigenvalue weighted by Gasteiger charge is -2.20. The smallest absolute Gasteiger partial charge is 0.253 e. The van der Waals surface area contributed by atoms with Gasteiger partial charge in [-0.15, -0.1) is 0 Å². The molecule has 0 aromatic heterocycles. The van der Waals surface area contributed by atoms with Gasteiger partial charge in [-0.05, 0) is 25.5 Å². The van der Waals surface area contributed by atoms with E-state index in [1.807, 2.05) is 13.8 Å². The van der Waals surface area contributed by atoms with Crippen LogP contribution in [0.25, 0.3) is 0 Å². The number of carbonyl (C=O) groups is 2. The number of rotatable bonds is 5. The Morgan fingerprint density at radius 1 is 1.44 bits per heavy atom. The van der Waals surface area contributed by atoms with Gasteiger partial charge in [-0.25, -0.2) is 4.39 Å². The third-order valence-corrected chi connectivity index (χ3v) is 2.63. The number of hydrogen-bond acceptors (Lipinski definition) is 3. The summed E-state index contributed by atoms with van der Waals surface area (Å²) in [6.45, 7) is 4.83. The van der Waals surface area contributed by atoms with Crippen LogP contribution in [0.3, 0.4) is 0 Å². The van der Waals surface area contributed by atoms with Gasteiger partial charge in [0.15, 0.2) is 17.9 Å². The van der Waals surface area contributed by atoms with Gasteiger partial charge in [0.05, 0.1) is 5.56 Å². The zero-order valence-electron chi connectivity index (χ0n) is 10.4. The number of benzene rings is 1. The maximum absolute atomic E-state index is 13.4. The molecule has 0 heterocycles. The predicted octanol–water partition coefficient (Wildman–Crippen LogP) is 2.22. The van der Waals surface area contributed by atoms with Gasteiger partial charge in [0, 0.05) is 18.7 Å². The number of aldehydes is 1. The van der Waals surface area contributed by atoms with E-state index in [9.17, 15) is 19.1 Å². The molecule has 18 heavy (non-hydrogen) atoms. The molecule has 5 heteroatoms. The molecule has 98 valence electrons. The summed E-state index contributed by atoms with van der Waals surface area (Å²) in [4.78, 5) is 24.3. The summed E-state index contributed by atoms with van der Waals surface area (Å²) in [6.07, 6.45) is 1.12. The molecule has 4 nitrogen and oxygen atoms in total. The van der Waals surface area contributed by atoms with E-state index in [4.69, 9.17) is 0 Å². The second-order valence-electron chi connectivity index (χ2n) is 3.90. The van der Waals surface area contributed by atoms with E-state index in [0.717, 1.165) is 12.5 Å². The Bertz CT molecular complexity index is 460. The Hall–Kier alpha value is -1.91. The normalized spacial score (nSPS) is 10.2. The number of nitrogens with zero attached hydrogens (tertiary/aromatic N) is 1. The van der Waals surface area contributed by atoms with Gasteiger partial charge < -0.3 is 10.0 Å². The van der Waals surface area contributed by atoms with Crippen LogP contribution in [-0.4, -0.2) is 35.3 Å². The number of amides is 1. The fraction of sp³-hybridized carbons (Fsp3) is 0.385. The summed E-state index contributed by atoms with van der Waals surface area (Å²) in [5, 5.41) is 9.27. The van der Waals surface area contributed by atoms with E-state index in [0.29, 0.717) is 19.4 Å². The van der Waals surface area contributed by atoms with Gasteiger partial charge >= 0.3 is 0 Å². The summed E-state index contributed by atoms with van der Waals surface area (Å²) in [7, 11) is 0. The van der Waals surface area contributed by atoms with E-state index in [1.54, 1.807) is 4.90 Å². The average molecular weight is 253 g/mol. The van der Waals surface area contributed by atoms with Crippen molar-refractivity contribution in [2.24, 2.45) is 0 Å². The number of carbonyl (C=O) groups excluding carboxylic acids is 2. The number of hydrogen-bond donors (Lipinski definition) is 1. The number of aromatic hydroxyl groups is 1. The molecule has 0 atom stereocenters. The number of halogens is 1. The van der Waals surface area contributed by atoms with Crippen LogP contribution in [0.5, 0.6) is 5.75 Å². The van der Waals surface area contributed by atoms with Crippen molar-refractivity contribution in [2.75, 3.05) is 13.1 Å². The molecule has 1 rings (SSSR count). The molecule has 0 saturated heterocycles. The molecular weight excluding hydrogens is 237 g/mol. The second kappa shape index (κ2) is 6.14. The second-order valence-corrected chi connectivity index (χ2v) is 3.90. The van der Waals surface area contributed by atoms with Crippen molar-refractivity contribution in [3.05, 3.63) is 29.1 Å². The first kappa shape index (κ1) is 14.2. The maximum atomic E-state index is 13.4. The van der Waals surface area contributed by atoms with Gasteiger partial charge in [0.1, 0.15) is 0 Å². The van der Waals surface area contributed by atoms with E-state index in [2.05, 4.69) is 0 Å². The number of phenolic OH excluding ortho intramolecular Hbond substituents is 1. The highest BCUT2D eigenvalue weighted by Gasteiger charge is 2.17. The SMILES string of the molecule is CCCN(CC)C(=O)c1cc(F)c(O)c(C=O)c1. The van der Waals surface area contributed by atoms with E-state index in [1.165, 1.54) is 6.07 Å². The van der Waals surface area contributed by atoms with Gasteiger partial charge in [0.2, 0.25) is 0 Å². The van der Waals surface area contributed by atoms with E-state index in [-0.39, 0.29) is 17.0 Å². The molecule has 1 amide bonds. The van der Waals surface area contributed by atoms with Crippen LogP contribution in [0, 0.1) is 5.82 Å². The molecule has 0 spiro atoms. The molecule has 0 aliphatic rings. The quantitative estimate of drug-likeness (QED) is 0.818. The van der Waals surface area contributed by atoms with E-state index >= 15 is 0 Å². The molecule has 0 unspecified atom stereocenters. The topological polar surface area (TPSA) is 57.6 Å². The van der Waals surface area contributed by atoms with Crippen molar-refractivity contribution >= 4 is 12.2 Å². The van der Waals surface area contributed by atoms with Crippen LogP contribution in [0.1, 0.15) is 41.0 Å². The Balaban J connectivity index is 3.13. The highest BCUT2D eigenvalue weighted by Crippen LogP contribution is 2.22. The van der Waals surface area contributed by atoms with Crippen LogP contribution in [-0.2, 0) is 0 Å². The van der Waals surface area contributed by atoms with Crippen LogP contribution in [0.2, 0.25) is 0 Å². The molecule has 1 aromatic rings. The van der Waals surface area contributed by atoms with Crippen LogP contribution in [0.15, 0.2) is 12.1 Å². The van der Waals surface area contributed by atoms with Gasteiger partial charge in [-0.3, -0.25) is 9.59 Å². The molecule has 0 saturated carbocycles. The molecule has 1 N–H and O–H groups in total. The number of phenols is 1. The molecular formula is C13H16FNO3. The fourth-order valence-corrected chi connectivity index (χ4v) is 1.69. The molecule has 0 fully saturated rings. The lowest BCUT2D eigenvalue weighted by Crippen LogP contribution is -2.31. The van der Waals surface area contributed by atoms with E-state index < -0.39 is 11.6 Å². The first-order valence-corrected chi connectivity index (χ1v) is 5.82. The van der Waals surface area contributed by atoms with Crippen molar-refractivity contribution in [2.45, 2.75) is 20.3 Å². The molecule has 0 bridgehead atoms. The van der Waals surface area contributed by atoms with Gasteiger partial charge in [-0.1, -0.05) is 6.92 Å². The van der Waals surface area contributed by atoms with Crippen molar-refractivity contribution < 1.29 is 19.1 Å². The highest BCUT2D eigenvalue weighted by atomic mass is 19.1. The summed E-state index contributed by atoms with van der Waals surface area (Å²) in [6, 6.07) is 2.15. The van der Waals surface area contributed by atoms with Crippen LogP contribution >= 0.6 is 0 Å². The van der Waals surface area contributed by atoms with Crippen molar-refractivity contribution in [3.63, 3.8) is 0 Å². The van der Waals surface area contributed by atoms with Crippen LogP contribution in [0.4, 0.5) is 4.39 Å². The largest absolute Gasteiger partial charge is 0.504 e. The Morgan fingerprint density at radius 3 is 2.61 bits per heavy atom. The minimum Gasteiger partial charge on any atom is -0.504 e. The van der Waals surface area contributed by atoms with Gasteiger partial charge in [-0.2, -0.15) is 0 Å². The predicted molar refractivity (Wildman–Crippen MR) is 65.3 cm³/mol. The molecule has 0 radical (unpaired) electrons. The molecule has 0 aliphatic carbocycles. The Kier molecular flexibility index (Phi) is 4.83. The Morgan fingerprint density at radius 2 is 2.11 bits per heavy atom. The third kappa shape index (κ3) is 2.85. The van der Waals surface area contributed by atoms with Crippen molar-refractivity contribution in [1.29, 1.82) is 0 Å². The third-order valence-electron chi connectivity index (χ3n) is 2.63. The zero-order valence-corrected chi connectivity index (χ0v) is 10.4. The summed E-state index contributed by atoms with van der Waals surface area (Å²) in [5.41, 5.74) is -0.145.